The van der Waals surface area contributed by atoms with Gasteiger partial charge in [-0.15, -0.1) is 0 Å². The Hall–Kier alpha value is -2.89. The fourth-order valence-corrected chi connectivity index (χ4v) is 3.40. The van der Waals surface area contributed by atoms with Crippen LogP contribution in [0.2, 0.25) is 0 Å². The number of pyridine rings is 1. The monoisotopic (exact) mass is 352 g/mol. The van der Waals surface area contributed by atoms with Crippen LogP contribution in [0.15, 0.2) is 48.8 Å². The molecule has 2 heterocycles. The van der Waals surface area contributed by atoms with E-state index >= 15 is 0 Å². The minimum absolute atomic E-state index is 0.0736. The average Bonchev–Trinajstić information content (AvgIpc) is 2.67. The van der Waals surface area contributed by atoms with E-state index in [-0.39, 0.29) is 11.9 Å². The molecular formula is C20H24N4O2. The quantitative estimate of drug-likeness (QED) is 0.867. The molecule has 1 fully saturated rings. The summed E-state index contributed by atoms with van der Waals surface area (Å²) >= 11 is 0. The molecule has 3 amide bonds. The number of likely N-dealkylation sites (tertiary alicyclic amines) is 1. The van der Waals surface area contributed by atoms with E-state index in [2.05, 4.69) is 10.3 Å². The molecule has 6 nitrogen and oxygen atoms in total. The molecule has 0 unspecified atom stereocenters. The van der Waals surface area contributed by atoms with Crippen LogP contribution in [0, 0.1) is 5.92 Å². The van der Waals surface area contributed by atoms with Crippen LogP contribution in [0.4, 0.5) is 10.5 Å². The van der Waals surface area contributed by atoms with E-state index in [1.807, 2.05) is 29.2 Å². The first kappa shape index (κ1) is 17.9. The molecule has 0 aliphatic carbocycles. The van der Waals surface area contributed by atoms with Gasteiger partial charge >= 0.3 is 6.03 Å². The van der Waals surface area contributed by atoms with E-state index in [9.17, 15) is 9.59 Å². The number of primary amides is 1. The highest BCUT2D eigenvalue weighted by Crippen LogP contribution is 2.24. The van der Waals surface area contributed by atoms with Gasteiger partial charge in [0.15, 0.2) is 0 Å². The number of anilines is 1. The number of carbonyl (C=O) groups excluding carboxylic acids is 2. The highest BCUT2D eigenvalue weighted by atomic mass is 16.2. The largest absolute Gasteiger partial charge is 0.366 e. The zero-order valence-corrected chi connectivity index (χ0v) is 14.7. The van der Waals surface area contributed by atoms with Gasteiger partial charge in [-0.1, -0.05) is 18.2 Å². The Bertz CT molecular complexity index is 755. The van der Waals surface area contributed by atoms with Crippen molar-refractivity contribution in [2.45, 2.75) is 25.7 Å². The summed E-state index contributed by atoms with van der Waals surface area (Å²) in [6.45, 7) is 1.49. The number of nitrogens with two attached hydrogens (primary N) is 1. The lowest BCUT2D eigenvalue weighted by Crippen LogP contribution is -2.41. The number of carbonyl (C=O) groups is 2. The van der Waals surface area contributed by atoms with Gasteiger partial charge in [-0.2, -0.15) is 0 Å². The predicted octanol–water partition coefficient (Wildman–Crippen LogP) is 3.06. The van der Waals surface area contributed by atoms with Crippen molar-refractivity contribution < 1.29 is 9.59 Å². The molecule has 0 atom stereocenters. The highest BCUT2D eigenvalue weighted by molar-refractivity contribution is 5.94. The van der Waals surface area contributed by atoms with Crippen molar-refractivity contribution in [1.29, 1.82) is 0 Å². The molecular weight excluding hydrogens is 328 g/mol. The van der Waals surface area contributed by atoms with Crippen LogP contribution in [-0.4, -0.2) is 34.9 Å². The molecule has 3 rings (SSSR count). The SMILES string of the molecule is NC(=O)c1ccccc1CCC1CCN(C(=O)Nc2cccnc2)CC1. The third-order valence-electron chi connectivity index (χ3n) is 4.92. The van der Waals surface area contributed by atoms with Crippen molar-refractivity contribution in [2.24, 2.45) is 11.7 Å². The Morgan fingerprint density at radius 1 is 1.15 bits per heavy atom. The van der Waals surface area contributed by atoms with Crippen LogP contribution in [0.3, 0.4) is 0 Å². The molecule has 2 aromatic rings. The van der Waals surface area contributed by atoms with Gasteiger partial charge in [0.25, 0.3) is 0 Å². The number of urea groups is 1. The topological polar surface area (TPSA) is 88.3 Å². The van der Waals surface area contributed by atoms with Crippen molar-refractivity contribution in [3.05, 3.63) is 59.9 Å². The number of hydrogen-bond acceptors (Lipinski definition) is 3. The van der Waals surface area contributed by atoms with Gasteiger partial charge in [0.2, 0.25) is 5.91 Å². The number of nitrogens with zero attached hydrogens (tertiary/aromatic N) is 2. The fourth-order valence-electron chi connectivity index (χ4n) is 3.40. The van der Waals surface area contributed by atoms with Gasteiger partial charge in [-0.25, -0.2) is 4.79 Å². The van der Waals surface area contributed by atoms with E-state index in [1.54, 1.807) is 24.5 Å². The normalized spacial score (nSPS) is 14.8. The van der Waals surface area contributed by atoms with Gasteiger partial charge in [0.1, 0.15) is 0 Å². The first-order valence-corrected chi connectivity index (χ1v) is 8.97. The van der Waals surface area contributed by atoms with Crippen molar-refractivity contribution in [2.75, 3.05) is 18.4 Å². The maximum absolute atomic E-state index is 12.3. The lowest BCUT2D eigenvalue weighted by molar-refractivity contribution is 0.0999. The average molecular weight is 352 g/mol. The summed E-state index contributed by atoms with van der Waals surface area (Å²) in [7, 11) is 0. The summed E-state index contributed by atoms with van der Waals surface area (Å²) in [5.41, 5.74) is 7.78. The Morgan fingerprint density at radius 2 is 1.92 bits per heavy atom. The number of benzene rings is 1. The summed E-state index contributed by atoms with van der Waals surface area (Å²) in [4.78, 5) is 29.7. The van der Waals surface area contributed by atoms with E-state index in [4.69, 9.17) is 5.73 Å². The van der Waals surface area contributed by atoms with Crippen molar-refractivity contribution >= 4 is 17.6 Å². The number of aromatic nitrogens is 1. The van der Waals surface area contributed by atoms with Gasteiger partial charge in [-0.05, 0) is 55.4 Å². The minimum atomic E-state index is -0.373. The van der Waals surface area contributed by atoms with Crippen molar-refractivity contribution in [3.63, 3.8) is 0 Å². The first-order chi connectivity index (χ1) is 12.6. The fraction of sp³-hybridized carbons (Fsp3) is 0.350. The molecule has 0 radical (unpaired) electrons. The van der Waals surface area contributed by atoms with Crippen molar-refractivity contribution in [1.82, 2.24) is 9.88 Å². The minimum Gasteiger partial charge on any atom is -0.366 e. The summed E-state index contributed by atoms with van der Waals surface area (Å²) < 4.78 is 0. The molecule has 1 aliphatic rings. The summed E-state index contributed by atoms with van der Waals surface area (Å²) in [6, 6.07) is 11.1. The number of piperidine rings is 1. The molecule has 136 valence electrons. The number of rotatable bonds is 5. The predicted molar refractivity (Wildman–Crippen MR) is 101 cm³/mol. The maximum Gasteiger partial charge on any atom is 0.321 e. The van der Waals surface area contributed by atoms with Crippen LogP contribution >= 0.6 is 0 Å². The molecule has 1 saturated heterocycles. The molecule has 1 aromatic carbocycles. The summed E-state index contributed by atoms with van der Waals surface area (Å²) in [5.74, 6) is 0.181. The first-order valence-electron chi connectivity index (χ1n) is 8.97. The van der Waals surface area contributed by atoms with Crippen LogP contribution < -0.4 is 11.1 Å². The molecule has 6 heteroatoms. The third kappa shape index (κ3) is 4.59. The summed E-state index contributed by atoms with van der Waals surface area (Å²) in [6.07, 6.45) is 7.10. The van der Waals surface area contributed by atoms with Crippen LogP contribution in [-0.2, 0) is 6.42 Å². The standard InChI is InChI=1S/C20H24N4O2/c21-19(25)18-6-2-1-4-16(18)8-7-15-9-12-24(13-10-15)20(26)23-17-5-3-11-22-14-17/h1-6,11,14-15H,7-10,12-13H2,(H2,21,25)(H,23,26). The Kier molecular flexibility index (Phi) is 5.84. The molecule has 0 saturated carbocycles. The zero-order valence-electron chi connectivity index (χ0n) is 14.7. The van der Waals surface area contributed by atoms with Crippen LogP contribution in [0.5, 0.6) is 0 Å². The van der Waals surface area contributed by atoms with Crippen LogP contribution in [0.1, 0.15) is 35.2 Å². The second kappa shape index (κ2) is 8.47. The van der Waals surface area contributed by atoms with E-state index < -0.39 is 0 Å². The second-order valence-electron chi connectivity index (χ2n) is 6.66. The second-order valence-corrected chi connectivity index (χ2v) is 6.66. The van der Waals surface area contributed by atoms with E-state index in [0.29, 0.717) is 17.2 Å². The number of hydrogen-bond donors (Lipinski definition) is 2. The maximum atomic E-state index is 12.3. The van der Waals surface area contributed by atoms with E-state index in [0.717, 1.165) is 44.3 Å². The van der Waals surface area contributed by atoms with Crippen LogP contribution in [0.25, 0.3) is 0 Å². The van der Waals surface area contributed by atoms with Gasteiger partial charge in [-0.3, -0.25) is 9.78 Å². The van der Waals surface area contributed by atoms with Gasteiger partial charge in [0.05, 0.1) is 11.9 Å². The molecule has 0 bridgehead atoms. The third-order valence-corrected chi connectivity index (χ3v) is 4.92. The summed E-state index contributed by atoms with van der Waals surface area (Å²) in [5, 5.41) is 2.88. The molecule has 26 heavy (non-hydrogen) atoms. The molecule has 1 aromatic heterocycles. The van der Waals surface area contributed by atoms with Gasteiger partial charge < -0.3 is 16.0 Å². The highest BCUT2D eigenvalue weighted by Gasteiger charge is 2.23. The lowest BCUT2D eigenvalue weighted by Gasteiger charge is -2.32. The zero-order chi connectivity index (χ0) is 18.4. The Balaban J connectivity index is 1.47. The van der Waals surface area contributed by atoms with E-state index in [1.165, 1.54) is 0 Å². The Morgan fingerprint density at radius 3 is 2.62 bits per heavy atom. The molecule has 0 spiro atoms. The van der Waals surface area contributed by atoms with Crippen molar-refractivity contribution in [3.8, 4) is 0 Å². The molecule has 3 N–H and O–H groups in total. The molecule has 1 aliphatic heterocycles. The Labute approximate surface area is 153 Å². The smallest absolute Gasteiger partial charge is 0.321 e. The number of amides is 3. The van der Waals surface area contributed by atoms with Gasteiger partial charge in [0, 0.05) is 24.8 Å². The number of nitrogens with one attached hydrogen (secondary N) is 1. The lowest BCUT2D eigenvalue weighted by atomic mass is 9.89. The number of aryl methyl sites for hydroxylation is 1.